The fourth-order valence-electron chi connectivity index (χ4n) is 2.42. The van der Waals surface area contributed by atoms with Crippen molar-refractivity contribution in [1.82, 2.24) is 10.2 Å². The first kappa shape index (κ1) is 18.0. The Kier molecular flexibility index (Phi) is 8.42. The van der Waals surface area contributed by atoms with E-state index in [2.05, 4.69) is 15.5 Å². The number of piperidine rings is 1. The topological polar surface area (TPSA) is 36.5 Å². The molecule has 21 heavy (non-hydrogen) atoms. The first-order valence-electron chi connectivity index (χ1n) is 7.20. The van der Waals surface area contributed by atoms with Gasteiger partial charge in [0.15, 0.2) is 5.11 Å². The molecule has 1 heterocycles. The Morgan fingerprint density at radius 2 is 1.95 bits per heavy atom. The quantitative estimate of drug-likeness (QED) is 0.812. The normalized spacial score (nSPS) is 14.9. The standard InChI is InChI=1S/C15H23N3OS.ClH/c1-19-14-8-4-3-7-13(14)17-15(20)16-9-12-18-10-5-2-6-11-18;/h3-4,7-8H,2,5-6,9-12H2,1H3,(H2,16,17,20);1H. The number of nitrogens with zero attached hydrogens (tertiary/aromatic N) is 1. The summed E-state index contributed by atoms with van der Waals surface area (Å²) >= 11 is 5.31. The molecule has 2 N–H and O–H groups in total. The first-order chi connectivity index (χ1) is 9.79. The minimum atomic E-state index is 0. The van der Waals surface area contributed by atoms with Crippen LogP contribution in [0.15, 0.2) is 24.3 Å². The molecule has 0 aromatic heterocycles. The van der Waals surface area contributed by atoms with Crippen LogP contribution in [0.2, 0.25) is 0 Å². The number of nitrogens with one attached hydrogen (secondary N) is 2. The van der Waals surface area contributed by atoms with E-state index in [-0.39, 0.29) is 12.4 Å². The van der Waals surface area contributed by atoms with Gasteiger partial charge in [-0.1, -0.05) is 18.6 Å². The maximum absolute atomic E-state index is 5.31. The molecule has 6 heteroatoms. The number of hydrogen-bond donors (Lipinski definition) is 2. The number of halogens is 1. The van der Waals surface area contributed by atoms with Crippen molar-refractivity contribution in [2.75, 3.05) is 38.6 Å². The number of thiocarbonyl (C=S) groups is 1. The second-order valence-corrected chi connectivity index (χ2v) is 5.39. The molecule has 0 unspecified atom stereocenters. The van der Waals surface area contributed by atoms with E-state index in [4.69, 9.17) is 17.0 Å². The third kappa shape index (κ3) is 6.08. The molecule has 0 aliphatic carbocycles. The van der Waals surface area contributed by atoms with Crippen LogP contribution < -0.4 is 15.4 Å². The minimum Gasteiger partial charge on any atom is -0.495 e. The molecule has 0 spiro atoms. The third-order valence-corrected chi connectivity index (χ3v) is 3.76. The maximum atomic E-state index is 5.31. The van der Waals surface area contributed by atoms with Crippen LogP contribution in [-0.4, -0.2) is 43.3 Å². The van der Waals surface area contributed by atoms with Crippen molar-refractivity contribution < 1.29 is 4.74 Å². The largest absolute Gasteiger partial charge is 0.495 e. The Labute approximate surface area is 138 Å². The Morgan fingerprint density at radius 3 is 2.67 bits per heavy atom. The summed E-state index contributed by atoms with van der Waals surface area (Å²) < 4.78 is 5.29. The van der Waals surface area contributed by atoms with E-state index < -0.39 is 0 Å². The fourth-order valence-corrected chi connectivity index (χ4v) is 2.64. The van der Waals surface area contributed by atoms with E-state index in [0.717, 1.165) is 24.5 Å². The van der Waals surface area contributed by atoms with Crippen LogP contribution in [0, 0.1) is 0 Å². The molecule has 4 nitrogen and oxygen atoms in total. The summed E-state index contributed by atoms with van der Waals surface area (Å²) in [5, 5.41) is 7.07. The molecule has 1 aromatic rings. The van der Waals surface area contributed by atoms with Gasteiger partial charge in [-0.15, -0.1) is 12.4 Å². The number of likely N-dealkylation sites (tertiary alicyclic amines) is 1. The highest BCUT2D eigenvalue weighted by Gasteiger charge is 2.09. The fraction of sp³-hybridized carbons (Fsp3) is 0.533. The SMILES string of the molecule is COc1ccccc1NC(=S)NCCN1CCCCC1.Cl. The average Bonchev–Trinajstić information content (AvgIpc) is 2.49. The van der Waals surface area contributed by atoms with Gasteiger partial charge in [0.25, 0.3) is 0 Å². The lowest BCUT2D eigenvalue weighted by Crippen LogP contribution is -2.39. The molecule has 0 bridgehead atoms. The van der Waals surface area contributed by atoms with Crippen molar-refractivity contribution in [2.45, 2.75) is 19.3 Å². The Bertz CT molecular complexity index is 439. The number of rotatable bonds is 5. The molecule has 1 aliphatic rings. The second kappa shape index (κ2) is 9.82. The molecule has 0 atom stereocenters. The second-order valence-electron chi connectivity index (χ2n) is 4.98. The van der Waals surface area contributed by atoms with Crippen molar-refractivity contribution >= 4 is 35.4 Å². The molecular formula is C15H24ClN3OS. The summed E-state index contributed by atoms with van der Waals surface area (Å²) in [6.45, 7) is 4.36. The summed E-state index contributed by atoms with van der Waals surface area (Å²) in [7, 11) is 1.66. The van der Waals surface area contributed by atoms with Crippen molar-refractivity contribution in [2.24, 2.45) is 0 Å². The van der Waals surface area contributed by atoms with E-state index in [1.807, 2.05) is 24.3 Å². The maximum Gasteiger partial charge on any atom is 0.170 e. The third-order valence-electron chi connectivity index (χ3n) is 3.52. The van der Waals surface area contributed by atoms with E-state index >= 15 is 0 Å². The lowest BCUT2D eigenvalue weighted by atomic mass is 10.1. The van der Waals surface area contributed by atoms with Crippen molar-refractivity contribution in [3.8, 4) is 5.75 Å². The van der Waals surface area contributed by atoms with E-state index in [1.165, 1.54) is 32.4 Å². The lowest BCUT2D eigenvalue weighted by molar-refractivity contribution is 0.232. The van der Waals surface area contributed by atoms with Crippen molar-refractivity contribution in [1.29, 1.82) is 0 Å². The van der Waals surface area contributed by atoms with Crippen molar-refractivity contribution in [3.05, 3.63) is 24.3 Å². The van der Waals surface area contributed by atoms with Crippen LogP contribution in [0.4, 0.5) is 5.69 Å². The highest BCUT2D eigenvalue weighted by atomic mass is 35.5. The summed E-state index contributed by atoms with van der Waals surface area (Å²) in [5.74, 6) is 0.799. The zero-order chi connectivity index (χ0) is 14.2. The number of benzene rings is 1. The summed E-state index contributed by atoms with van der Waals surface area (Å²) in [5.41, 5.74) is 0.894. The van der Waals surface area contributed by atoms with Gasteiger partial charge in [0.2, 0.25) is 0 Å². The number of hydrogen-bond acceptors (Lipinski definition) is 3. The van der Waals surface area contributed by atoms with Crippen LogP contribution in [0.5, 0.6) is 5.75 Å². The van der Waals surface area contributed by atoms with Gasteiger partial charge in [-0.25, -0.2) is 0 Å². The van der Waals surface area contributed by atoms with Gasteiger partial charge < -0.3 is 20.3 Å². The van der Waals surface area contributed by atoms with E-state index in [0.29, 0.717) is 5.11 Å². The number of methoxy groups -OCH3 is 1. The number of anilines is 1. The molecule has 118 valence electrons. The van der Waals surface area contributed by atoms with Crippen LogP contribution in [0.1, 0.15) is 19.3 Å². The molecule has 1 aromatic carbocycles. The van der Waals surface area contributed by atoms with Gasteiger partial charge in [-0.05, 0) is 50.3 Å². The molecule has 1 fully saturated rings. The predicted molar refractivity (Wildman–Crippen MR) is 94.8 cm³/mol. The number of para-hydroxylation sites is 2. The highest BCUT2D eigenvalue weighted by Crippen LogP contribution is 2.22. The molecular weight excluding hydrogens is 306 g/mol. The predicted octanol–water partition coefficient (Wildman–Crippen LogP) is 2.89. The molecule has 0 saturated carbocycles. The Hall–Kier alpha value is -1.04. The van der Waals surface area contributed by atoms with Gasteiger partial charge in [0.1, 0.15) is 5.75 Å². The van der Waals surface area contributed by atoms with E-state index in [9.17, 15) is 0 Å². The van der Waals surface area contributed by atoms with E-state index in [1.54, 1.807) is 7.11 Å². The number of ether oxygens (including phenoxy) is 1. The summed E-state index contributed by atoms with van der Waals surface area (Å²) in [4.78, 5) is 2.49. The van der Waals surface area contributed by atoms with Crippen LogP contribution in [-0.2, 0) is 0 Å². The first-order valence-corrected chi connectivity index (χ1v) is 7.60. The van der Waals surface area contributed by atoms with Crippen LogP contribution in [0.25, 0.3) is 0 Å². The molecule has 2 rings (SSSR count). The van der Waals surface area contributed by atoms with Gasteiger partial charge >= 0.3 is 0 Å². The summed E-state index contributed by atoms with van der Waals surface area (Å²) in [6, 6.07) is 7.77. The minimum absolute atomic E-state index is 0. The molecule has 0 amide bonds. The highest BCUT2D eigenvalue weighted by molar-refractivity contribution is 7.80. The van der Waals surface area contributed by atoms with Gasteiger partial charge in [0.05, 0.1) is 12.8 Å². The molecule has 0 radical (unpaired) electrons. The zero-order valence-corrected chi connectivity index (χ0v) is 14.1. The lowest BCUT2D eigenvalue weighted by Gasteiger charge is -2.26. The monoisotopic (exact) mass is 329 g/mol. The van der Waals surface area contributed by atoms with Gasteiger partial charge in [0, 0.05) is 13.1 Å². The summed E-state index contributed by atoms with van der Waals surface area (Å²) in [6.07, 6.45) is 4.02. The molecule has 1 saturated heterocycles. The average molecular weight is 330 g/mol. The van der Waals surface area contributed by atoms with Crippen molar-refractivity contribution in [3.63, 3.8) is 0 Å². The van der Waals surface area contributed by atoms with Crippen LogP contribution in [0.3, 0.4) is 0 Å². The molecule has 1 aliphatic heterocycles. The Balaban J connectivity index is 0.00000220. The van der Waals surface area contributed by atoms with Gasteiger partial charge in [-0.2, -0.15) is 0 Å². The van der Waals surface area contributed by atoms with Gasteiger partial charge in [-0.3, -0.25) is 0 Å². The van der Waals surface area contributed by atoms with Crippen LogP contribution >= 0.6 is 24.6 Å². The smallest absolute Gasteiger partial charge is 0.170 e. The zero-order valence-electron chi connectivity index (χ0n) is 12.4. The Morgan fingerprint density at radius 1 is 1.24 bits per heavy atom.